The van der Waals surface area contributed by atoms with E-state index in [4.69, 9.17) is 0 Å². The highest BCUT2D eigenvalue weighted by molar-refractivity contribution is 5.75. The third-order valence-electron chi connectivity index (χ3n) is 5.68. The fourth-order valence-corrected chi connectivity index (χ4v) is 3.93. The number of rotatable bonds is 6. The van der Waals surface area contributed by atoms with E-state index in [9.17, 15) is 19.5 Å². The summed E-state index contributed by atoms with van der Waals surface area (Å²) < 4.78 is 4.97. The molecule has 4 aromatic rings. The molecule has 3 heterocycles. The Morgan fingerprint density at radius 3 is 2.35 bits per heavy atom. The average molecular weight is 423 g/mol. The molecule has 1 N–H and O–H groups in total. The summed E-state index contributed by atoms with van der Waals surface area (Å²) in [4.78, 5) is 43.2. The Morgan fingerprint density at radius 2 is 1.68 bits per heavy atom. The van der Waals surface area contributed by atoms with Crippen LogP contribution in [0.4, 0.5) is 0 Å². The lowest BCUT2D eigenvalue weighted by Gasteiger charge is -2.14. The molecule has 0 fully saturated rings. The number of unbranched alkanes of at least 4 members (excludes halogenated alkanes) is 2. The van der Waals surface area contributed by atoms with E-state index in [1.165, 1.54) is 27.6 Å². The van der Waals surface area contributed by atoms with Crippen LogP contribution in [0.5, 0.6) is 5.88 Å². The van der Waals surface area contributed by atoms with Crippen molar-refractivity contribution in [1.29, 1.82) is 0 Å². The van der Waals surface area contributed by atoms with Crippen LogP contribution in [0.25, 0.3) is 16.9 Å². The van der Waals surface area contributed by atoms with Crippen molar-refractivity contribution in [3.63, 3.8) is 0 Å². The zero-order valence-corrected chi connectivity index (χ0v) is 17.8. The molecule has 0 atom stereocenters. The van der Waals surface area contributed by atoms with E-state index in [0.717, 1.165) is 29.4 Å². The van der Waals surface area contributed by atoms with Crippen LogP contribution in [0, 0.1) is 0 Å². The molecule has 4 rings (SSSR count). The van der Waals surface area contributed by atoms with Crippen LogP contribution in [-0.4, -0.2) is 28.2 Å². The number of benzene rings is 1. The van der Waals surface area contributed by atoms with E-state index in [1.807, 2.05) is 30.3 Å². The Kier molecular flexibility index (Phi) is 5.26. The van der Waals surface area contributed by atoms with Gasteiger partial charge in [0.1, 0.15) is 0 Å². The molecule has 9 nitrogen and oxygen atoms in total. The third-order valence-corrected chi connectivity index (χ3v) is 5.68. The van der Waals surface area contributed by atoms with Crippen molar-refractivity contribution in [2.45, 2.75) is 39.2 Å². The smallest absolute Gasteiger partial charge is 0.332 e. The van der Waals surface area contributed by atoms with Crippen LogP contribution >= 0.6 is 0 Å². The topological polar surface area (TPSA) is 104 Å². The monoisotopic (exact) mass is 423 g/mol. The van der Waals surface area contributed by atoms with Gasteiger partial charge in [-0.2, -0.15) is 4.98 Å². The lowest BCUT2D eigenvalue weighted by molar-refractivity contribution is 0.410. The number of fused-ring (bicyclic) bond motifs is 3. The normalized spacial score (nSPS) is 11.6. The summed E-state index contributed by atoms with van der Waals surface area (Å²) in [7, 11) is 2.87. The molecule has 1 aromatic carbocycles. The highest BCUT2D eigenvalue weighted by Gasteiger charge is 2.24. The summed E-state index contributed by atoms with van der Waals surface area (Å²) in [6.07, 6.45) is 3.00. The molecule has 0 aliphatic rings. The predicted molar refractivity (Wildman–Crippen MR) is 118 cm³/mol. The molecule has 0 aliphatic carbocycles. The quantitative estimate of drug-likeness (QED) is 0.474. The van der Waals surface area contributed by atoms with Crippen LogP contribution in [-0.2, 0) is 27.1 Å². The molecule has 162 valence electrons. The van der Waals surface area contributed by atoms with Crippen molar-refractivity contribution in [3.8, 4) is 5.88 Å². The molecule has 0 saturated heterocycles. The Bertz CT molecular complexity index is 1460. The highest BCUT2D eigenvalue weighted by Crippen LogP contribution is 2.22. The number of hydrogen-bond acceptors (Lipinski definition) is 5. The van der Waals surface area contributed by atoms with Gasteiger partial charge in [0, 0.05) is 14.1 Å². The molecule has 31 heavy (non-hydrogen) atoms. The first kappa shape index (κ1) is 20.6. The maximum atomic E-state index is 13.4. The number of imidazole rings is 1. The maximum Gasteiger partial charge on any atom is 0.332 e. The van der Waals surface area contributed by atoms with Gasteiger partial charge in [0.15, 0.2) is 11.2 Å². The summed E-state index contributed by atoms with van der Waals surface area (Å²) in [5, 5.41) is 11.1. The molecule has 0 bridgehead atoms. The first-order chi connectivity index (χ1) is 14.9. The number of aromatic nitrogens is 5. The van der Waals surface area contributed by atoms with E-state index in [2.05, 4.69) is 11.9 Å². The molecule has 0 unspecified atom stereocenters. The van der Waals surface area contributed by atoms with Gasteiger partial charge in [0.25, 0.3) is 11.1 Å². The molecule has 0 saturated carbocycles. The summed E-state index contributed by atoms with van der Waals surface area (Å²) in [6, 6.07) is 9.47. The first-order valence-corrected chi connectivity index (χ1v) is 10.3. The Hall–Kier alpha value is -3.62. The lowest BCUT2D eigenvalue weighted by Crippen LogP contribution is -2.38. The Morgan fingerprint density at radius 1 is 0.968 bits per heavy atom. The summed E-state index contributed by atoms with van der Waals surface area (Å²) >= 11 is 0. The Labute approximate surface area is 177 Å². The van der Waals surface area contributed by atoms with Crippen molar-refractivity contribution in [2.24, 2.45) is 14.1 Å². The molecule has 0 amide bonds. The second kappa shape index (κ2) is 7.90. The molecule has 0 radical (unpaired) electrons. The number of aromatic hydroxyl groups is 1. The van der Waals surface area contributed by atoms with Crippen LogP contribution in [0.2, 0.25) is 0 Å². The van der Waals surface area contributed by atoms with Crippen LogP contribution in [0.3, 0.4) is 0 Å². The second-order valence-electron chi connectivity index (χ2n) is 7.76. The van der Waals surface area contributed by atoms with Crippen molar-refractivity contribution in [3.05, 3.63) is 72.7 Å². The minimum Gasteiger partial charge on any atom is -0.494 e. The summed E-state index contributed by atoms with van der Waals surface area (Å²) in [5.74, 6) is -0.0338. The standard InChI is InChI=1S/C22H25N5O4/c1-4-5-7-12-15-18(28)26(13-14-10-8-6-9-11-14)21-23-17-16(27(21)19(15)29)20(30)25(3)22(31)24(17)2/h6,8-11,28H,4-5,7,12-13H2,1-3H3. The maximum absolute atomic E-state index is 13.4. The van der Waals surface area contributed by atoms with Crippen molar-refractivity contribution in [1.82, 2.24) is 23.1 Å². The molecule has 0 aliphatic heterocycles. The van der Waals surface area contributed by atoms with Gasteiger partial charge in [-0.1, -0.05) is 50.1 Å². The van der Waals surface area contributed by atoms with Gasteiger partial charge in [-0.05, 0) is 18.4 Å². The van der Waals surface area contributed by atoms with Crippen LogP contribution < -0.4 is 16.8 Å². The van der Waals surface area contributed by atoms with Gasteiger partial charge >= 0.3 is 5.69 Å². The second-order valence-corrected chi connectivity index (χ2v) is 7.76. The van der Waals surface area contributed by atoms with Gasteiger partial charge in [-0.25, -0.2) is 9.20 Å². The van der Waals surface area contributed by atoms with E-state index in [-0.39, 0.29) is 34.9 Å². The van der Waals surface area contributed by atoms with Crippen LogP contribution in [0.15, 0.2) is 44.7 Å². The van der Waals surface area contributed by atoms with Gasteiger partial charge in [-0.15, -0.1) is 0 Å². The number of nitrogens with zero attached hydrogens (tertiary/aromatic N) is 5. The average Bonchev–Trinajstić information content (AvgIpc) is 3.18. The summed E-state index contributed by atoms with van der Waals surface area (Å²) in [5.41, 5.74) is -0.329. The lowest BCUT2D eigenvalue weighted by atomic mass is 10.1. The Balaban J connectivity index is 2.12. The predicted octanol–water partition coefficient (Wildman–Crippen LogP) is 1.53. The van der Waals surface area contributed by atoms with Gasteiger partial charge in [-0.3, -0.25) is 23.3 Å². The van der Waals surface area contributed by atoms with Crippen molar-refractivity contribution < 1.29 is 5.11 Å². The highest BCUT2D eigenvalue weighted by atomic mass is 16.3. The van der Waals surface area contributed by atoms with E-state index < -0.39 is 16.8 Å². The van der Waals surface area contributed by atoms with Gasteiger partial charge < -0.3 is 5.11 Å². The van der Waals surface area contributed by atoms with E-state index in [0.29, 0.717) is 6.42 Å². The molecular formula is C22H25N5O4. The fourth-order valence-electron chi connectivity index (χ4n) is 3.93. The van der Waals surface area contributed by atoms with Crippen molar-refractivity contribution >= 4 is 16.9 Å². The van der Waals surface area contributed by atoms with Gasteiger partial charge in [0.2, 0.25) is 11.7 Å². The molecule has 0 spiro atoms. The number of hydrogen-bond donors (Lipinski definition) is 1. The van der Waals surface area contributed by atoms with Crippen LogP contribution in [0.1, 0.15) is 37.3 Å². The minimum absolute atomic E-state index is 0.0307. The third kappa shape index (κ3) is 3.26. The number of aryl methyl sites for hydroxylation is 1. The fraction of sp³-hybridized carbons (Fsp3) is 0.364. The SMILES string of the molecule is CCCCCc1c(O)n(Cc2ccccc2)c2nc3c(c(=O)n(C)c(=O)n3C)n2c1=O. The zero-order chi connectivity index (χ0) is 22.3. The van der Waals surface area contributed by atoms with E-state index in [1.54, 1.807) is 0 Å². The first-order valence-electron chi connectivity index (χ1n) is 10.3. The molecular weight excluding hydrogens is 398 g/mol. The minimum atomic E-state index is -0.598. The molecule has 9 heteroatoms. The van der Waals surface area contributed by atoms with Gasteiger partial charge in [0.05, 0.1) is 12.1 Å². The van der Waals surface area contributed by atoms with E-state index >= 15 is 0 Å². The largest absolute Gasteiger partial charge is 0.494 e. The zero-order valence-electron chi connectivity index (χ0n) is 17.8. The summed E-state index contributed by atoms with van der Waals surface area (Å²) in [6.45, 7) is 2.32. The molecule has 3 aromatic heterocycles. The van der Waals surface area contributed by atoms with Crippen molar-refractivity contribution in [2.75, 3.05) is 0 Å².